The Bertz CT molecular complexity index is 477. The Hall–Kier alpha value is -1.26. The van der Waals surface area contributed by atoms with Crippen molar-refractivity contribution in [1.29, 1.82) is 0 Å². The van der Waals surface area contributed by atoms with E-state index in [9.17, 15) is 5.11 Å². The van der Waals surface area contributed by atoms with E-state index < -0.39 is 6.10 Å². The Kier molecular flexibility index (Phi) is 2.91. The number of rotatable bonds is 3. The van der Waals surface area contributed by atoms with Gasteiger partial charge in [0.2, 0.25) is 0 Å². The maximum absolute atomic E-state index is 10.1. The molecule has 1 aliphatic rings. The Balaban J connectivity index is 1.79. The average Bonchev–Trinajstić information content (AvgIpc) is 2.80. The summed E-state index contributed by atoms with van der Waals surface area (Å²) in [7, 11) is 0. The Morgan fingerprint density at radius 2 is 2.00 bits per heavy atom. The first-order chi connectivity index (χ1) is 8.34. The molecule has 1 aromatic carbocycles. The quantitative estimate of drug-likeness (QED) is 0.905. The van der Waals surface area contributed by atoms with E-state index in [-0.39, 0.29) is 0 Å². The van der Waals surface area contributed by atoms with E-state index in [0.29, 0.717) is 5.69 Å². The third-order valence-corrected chi connectivity index (χ3v) is 3.98. The molecule has 3 rings (SSSR count). The highest BCUT2D eigenvalue weighted by Gasteiger charge is 2.20. The predicted molar refractivity (Wildman–Crippen MR) is 67.0 cm³/mol. The molecule has 0 saturated heterocycles. The maximum atomic E-state index is 10.1. The third-order valence-electron chi connectivity index (χ3n) is 3.49. The summed E-state index contributed by atoms with van der Waals surface area (Å²) in [5.74, 6) is 0.738. The van der Waals surface area contributed by atoms with E-state index in [1.165, 1.54) is 24.8 Å². The lowest BCUT2D eigenvalue weighted by Crippen LogP contribution is -2.09. The lowest BCUT2D eigenvalue weighted by atomic mass is 9.80. The molecule has 1 aromatic heterocycles. The zero-order valence-electron chi connectivity index (χ0n) is 9.41. The number of aliphatic hydroxyl groups excluding tert-OH is 1. The summed E-state index contributed by atoms with van der Waals surface area (Å²) >= 11 is 1.12. The molecule has 0 radical (unpaired) electrons. The summed E-state index contributed by atoms with van der Waals surface area (Å²) in [5, 5.41) is 10.1. The van der Waals surface area contributed by atoms with Gasteiger partial charge in [-0.2, -0.15) is 8.75 Å². The molecule has 1 unspecified atom stereocenters. The van der Waals surface area contributed by atoms with Gasteiger partial charge in [0, 0.05) is 0 Å². The van der Waals surface area contributed by atoms with Gasteiger partial charge in [-0.1, -0.05) is 30.7 Å². The Morgan fingerprint density at radius 1 is 1.24 bits per heavy atom. The van der Waals surface area contributed by atoms with Crippen LogP contribution in [-0.2, 0) is 0 Å². The molecule has 1 N–H and O–H groups in total. The molecule has 1 saturated carbocycles. The van der Waals surface area contributed by atoms with Crippen molar-refractivity contribution in [3.05, 3.63) is 47.3 Å². The van der Waals surface area contributed by atoms with Gasteiger partial charge in [-0.3, -0.25) is 0 Å². The van der Waals surface area contributed by atoms with Crippen LogP contribution < -0.4 is 0 Å². The number of hydrogen-bond acceptors (Lipinski definition) is 4. The van der Waals surface area contributed by atoms with Crippen LogP contribution in [0, 0.1) is 0 Å². The summed E-state index contributed by atoms with van der Waals surface area (Å²) in [6, 6.07) is 8.25. The van der Waals surface area contributed by atoms with Crippen LogP contribution in [0.25, 0.3) is 0 Å². The van der Waals surface area contributed by atoms with E-state index in [1.54, 1.807) is 6.20 Å². The molecule has 17 heavy (non-hydrogen) atoms. The summed E-state index contributed by atoms with van der Waals surface area (Å²) in [4.78, 5) is 0. The fourth-order valence-electron chi connectivity index (χ4n) is 2.16. The maximum Gasteiger partial charge on any atom is 0.124 e. The number of nitrogens with zero attached hydrogens (tertiary/aromatic N) is 2. The normalized spacial score (nSPS) is 17.7. The highest BCUT2D eigenvalue weighted by molar-refractivity contribution is 6.99. The average molecular weight is 246 g/mol. The molecular formula is C13H14N2OS. The topological polar surface area (TPSA) is 46.0 Å². The van der Waals surface area contributed by atoms with Crippen molar-refractivity contribution in [2.45, 2.75) is 31.3 Å². The van der Waals surface area contributed by atoms with Crippen molar-refractivity contribution in [2.24, 2.45) is 0 Å². The monoisotopic (exact) mass is 246 g/mol. The number of hydrogen-bond donors (Lipinski definition) is 1. The van der Waals surface area contributed by atoms with Gasteiger partial charge in [-0.05, 0) is 29.9 Å². The smallest absolute Gasteiger partial charge is 0.124 e. The lowest BCUT2D eigenvalue weighted by molar-refractivity contribution is 0.216. The Labute approximate surface area is 104 Å². The van der Waals surface area contributed by atoms with E-state index in [1.807, 2.05) is 12.1 Å². The number of aromatic nitrogens is 2. The van der Waals surface area contributed by atoms with Gasteiger partial charge >= 0.3 is 0 Å². The summed E-state index contributed by atoms with van der Waals surface area (Å²) in [6.07, 6.45) is 4.93. The largest absolute Gasteiger partial charge is 0.382 e. The standard InChI is InChI=1S/C13H14N2OS/c16-13(12-8-14-17-15-12)11-6-4-10(5-7-11)9-2-1-3-9/h4-9,13,16H,1-3H2. The first kappa shape index (κ1) is 10.9. The van der Waals surface area contributed by atoms with E-state index >= 15 is 0 Å². The van der Waals surface area contributed by atoms with Crippen LogP contribution in [0.5, 0.6) is 0 Å². The molecule has 88 valence electrons. The van der Waals surface area contributed by atoms with Crippen molar-refractivity contribution in [1.82, 2.24) is 8.75 Å². The molecule has 2 aromatic rings. The minimum Gasteiger partial charge on any atom is -0.382 e. The highest BCUT2D eigenvalue weighted by Crippen LogP contribution is 2.36. The molecule has 0 amide bonds. The fraction of sp³-hybridized carbons (Fsp3) is 0.385. The van der Waals surface area contributed by atoms with Gasteiger partial charge in [0.1, 0.15) is 11.8 Å². The summed E-state index contributed by atoms with van der Waals surface area (Å²) in [5.41, 5.74) is 2.91. The van der Waals surface area contributed by atoms with Crippen molar-refractivity contribution >= 4 is 11.7 Å². The minimum absolute atomic E-state index is 0.631. The van der Waals surface area contributed by atoms with Crippen molar-refractivity contribution in [3.8, 4) is 0 Å². The molecule has 1 heterocycles. The predicted octanol–water partition coefficient (Wildman–Crippen LogP) is 2.89. The number of aliphatic hydroxyl groups is 1. The highest BCUT2D eigenvalue weighted by atomic mass is 32.1. The molecule has 0 spiro atoms. The molecule has 1 fully saturated rings. The van der Waals surface area contributed by atoms with Crippen LogP contribution in [0.4, 0.5) is 0 Å². The third kappa shape index (κ3) is 2.10. The zero-order valence-corrected chi connectivity index (χ0v) is 10.2. The van der Waals surface area contributed by atoms with Gasteiger partial charge in [-0.25, -0.2) is 0 Å². The second kappa shape index (κ2) is 4.55. The van der Waals surface area contributed by atoms with Crippen molar-refractivity contribution in [3.63, 3.8) is 0 Å². The van der Waals surface area contributed by atoms with Gasteiger partial charge < -0.3 is 5.11 Å². The number of benzene rings is 1. The zero-order chi connectivity index (χ0) is 11.7. The van der Waals surface area contributed by atoms with Gasteiger partial charge in [0.15, 0.2) is 0 Å². The van der Waals surface area contributed by atoms with Crippen LogP contribution in [0.1, 0.15) is 48.1 Å². The molecular weight excluding hydrogens is 232 g/mol. The molecule has 0 aliphatic heterocycles. The van der Waals surface area contributed by atoms with Crippen LogP contribution in [-0.4, -0.2) is 13.9 Å². The molecule has 0 bridgehead atoms. The fourth-order valence-corrected chi connectivity index (χ4v) is 2.60. The molecule has 1 aliphatic carbocycles. The van der Waals surface area contributed by atoms with Gasteiger partial charge in [0.25, 0.3) is 0 Å². The van der Waals surface area contributed by atoms with E-state index in [0.717, 1.165) is 23.2 Å². The molecule has 4 heteroatoms. The van der Waals surface area contributed by atoms with Crippen LogP contribution in [0.2, 0.25) is 0 Å². The van der Waals surface area contributed by atoms with Crippen LogP contribution in [0.3, 0.4) is 0 Å². The second-order valence-corrected chi connectivity index (χ2v) is 5.09. The first-order valence-electron chi connectivity index (χ1n) is 5.90. The van der Waals surface area contributed by atoms with Crippen LogP contribution >= 0.6 is 11.7 Å². The first-order valence-corrected chi connectivity index (χ1v) is 6.63. The Morgan fingerprint density at radius 3 is 2.53 bits per heavy atom. The van der Waals surface area contributed by atoms with Crippen molar-refractivity contribution < 1.29 is 5.11 Å². The second-order valence-electron chi connectivity index (χ2n) is 4.53. The van der Waals surface area contributed by atoms with E-state index in [4.69, 9.17) is 0 Å². The summed E-state index contributed by atoms with van der Waals surface area (Å²) < 4.78 is 7.97. The van der Waals surface area contributed by atoms with Gasteiger partial charge in [0.05, 0.1) is 17.9 Å². The van der Waals surface area contributed by atoms with Crippen molar-refractivity contribution in [2.75, 3.05) is 0 Å². The van der Waals surface area contributed by atoms with Crippen LogP contribution in [0.15, 0.2) is 30.5 Å². The minimum atomic E-state index is -0.649. The summed E-state index contributed by atoms with van der Waals surface area (Å²) in [6.45, 7) is 0. The lowest BCUT2D eigenvalue weighted by Gasteiger charge is -2.26. The van der Waals surface area contributed by atoms with Gasteiger partial charge in [-0.15, -0.1) is 0 Å². The van der Waals surface area contributed by atoms with E-state index in [2.05, 4.69) is 20.9 Å². The molecule has 1 atom stereocenters. The molecule has 3 nitrogen and oxygen atoms in total. The SMILES string of the molecule is OC(c1ccc(C2CCC2)cc1)c1cnsn1.